The summed E-state index contributed by atoms with van der Waals surface area (Å²) >= 11 is 6.25. The molecule has 2 aliphatic rings. The zero-order valence-corrected chi connectivity index (χ0v) is 20.4. The van der Waals surface area contributed by atoms with E-state index in [1.165, 1.54) is 40.3 Å². The van der Waals surface area contributed by atoms with Gasteiger partial charge in [-0.25, -0.2) is 9.78 Å². The number of para-hydroxylation sites is 1. The molecule has 0 spiro atoms. The van der Waals surface area contributed by atoms with E-state index in [1.54, 1.807) is 23.8 Å². The number of aromatic carboxylic acids is 1. The Balaban J connectivity index is 0.000000134. The summed E-state index contributed by atoms with van der Waals surface area (Å²) in [6.07, 6.45) is 6.70. The lowest BCUT2D eigenvalue weighted by atomic mass is 9.79. The predicted octanol–water partition coefficient (Wildman–Crippen LogP) is 8.54. The van der Waals surface area contributed by atoms with E-state index in [0.29, 0.717) is 5.52 Å². The molecule has 0 bridgehead atoms. The molecule has 2 aliphatic carbocycles. The topological polar surface area (TPSA) is 50.2 Å². The molecule has 0 saturated heterocycles. The van der Waals surface area contributed by atoms with Gasteiger partial charge in [-0.05, 0) is 83.5 Å². The lowest BCUT2D eigenvalue weighted by Crippen LogP contribution is -2.07. The molecule has 1 aromatic heterocycles. The number of benzene rings is 4. The minimum atomic E-state index is -0.929. The van der Waals surface area contributed by atoms with Crippen molar-refractivity contribution in [2.45, 2.75) is 25.7 Å². The molecule has 0 fully saturated rings. The van der Waals surface area contributed by atoms with E-state index in [1.807, 2.05) is 30.3 Å². The third-order valence-electron chi connectivity index (χ3n) is 7.12. The van der Waals surface area contributed by atoms with Crippen molar-refractivity contribution in [3.8, 4) is 0 Å². The van der Waals surface area contributed by atoms with E-state index in [4.69, 9.17) is 16.7 Å². The van der Waals surface area contributed by atoms with E-state index in [2.05, 4.69) is 47.5 Å². The van der Waals surface area contributed by atoms with Crippen LogP contribution < -0.4 is 0 Å². The number of aromatic nitrogens is 1. The van der Waals surface area contributed by atoms with Crippen LogP contribution in [-0.2, 0) is 6.42 Å². The molecule has 36 heavy (non-hydrogen) atoms. The van der Waals surface area contributed by atoms with E-state index in [9.17, 15) is 4.79 Å². The van der Waals surface area contributed by atoms with Gasteiger partial charge in [0.25, 0.3) is 0 Å². The van der Waals surface area contributed by atoms with E-state index in [0.717, 1.165) is 34.2 Å². The third-order valence-corrected chi connectivity index (χ3v) is 7.42. The van der Waals surface area contributed by atoms with Crippen LogP contribution in [0.1, 0.15) is 40.7 Å². The molecule has 3 nitrogen and oxygen atoms in total. The van der Waals surface area contributed by atoms with Gasteiger partial charge < -0.3 is 5.11 Å². The van der Waals surface area contributed by atoms with Crippen LogP contribution in [0.3, 0.4) is 0 Å². The fourth-order valence-electron chi connectivity index (χ4n) is 5.30. The maximum Gasteiger partial charge on any atom is 0.335 e. The molecule has 7 rings (SSSR count). The van der Waals surface area contributed by atoms with Crippen LogP contribution in [0.4, 0.5) is 0 Å². The minimum absolute atomic E-state index is 0.264. The zero-order chi connectivity index (χ0) is 24.6. The summed E-state index contributed by atoms with van der Waals surface area (Å²) in [5.74, 6) is -0.929. The number of nitrogens with zero attached hydrogens (tertiary/aromatic N) is 1. The van der Waals surface area contributed by atoms with Crippen molar-refractivity contribution in [3.63, 3.8) is 0 Å². The molecule has 1 heterocycles. The first-order chi connectivity index (χ1) is 17.6. The van der Waals surface area contributed by atoms with Gasteiger partial charge in [0.2, 0.25) is 0 Å². The second-order valence-electron chi connectivity index (χ2n) is 9.31. The van der Waals surface area contributed by atoms with E-state index in [-0.39, 0.29) is 5.56 Å². The Morgan fingerprint density at radius 3 is 2.33 bits per heavy atom. The number of hydrogen-bond acceptors (Lipinski definition) is 2. The summed E-state index contributed by atoms with van der Waals surface area (Å²) < 4.78 is 0. The summed E-state index contributed by atoms with van der Waals surface area (Å²) in [7, 11) is 0. The Morgan fingerprint density at radius 2 is 1.47 bits per heavy atom. The van der Waals surface area contributed by atoms with Gasteiger partial charge in [-0.1, -0.05) is 77.8 Å². The third kappa shape index (κ3) is 4.16. The SMILES string of the molecule is ClC1=CC2=C(CC1)CCc1c2ccc2ccccc12.O=C(O)c1ccc2cc3ccccc3nc2c1. The maximum absolute atomic E-state index is 10.9. The summed E-state index contributed by atoms with van der Waals surface area (Å²) in [5.41, 5.74) is 7.74. The fourth-order valence-corrected chi connectivity index (χ4v) is 5.51. The van der Waals surface area contributed by atoms with Crippen molar-refractivity contribution < 1.29 is 9.90 Å². The monoisotopic (exact) mass is 489 g/mol. The van der Waals surface area contributed by atoms with Gasteiger partial charge >= 0.3 is 5.97 Å². The summed E-state index contributed by atoms with van der Waals surface area (Å²) in [6.45, 7) is 0. The summed E-state index contributed by atoms with van der Waals surface area (Å²) in [5, 5.41) is 14.7. The van der Waals surface area contributed by atoms with Crippen LogP contribution in [0.2, 0.25) is 0 Å². The molecule has 4 heteroatoms. The lowest BCUT2D eigenvalue weighted by molar-refractivity contribution is 0.0697. The maximum atomic E-state index is 10.9. The van der Waals surface area contributed by atoms with Crippen molar-refractivity contribution >= 4 is 55.7 Å². The smallest absolute Gasteiger partial charge is 0.335 e. The highest BCUT2D eigenvalue weighted by atomic mass is 35.5. The van der Waals surface area contributed by atoms with Crippen LogP contribution in [0.5, 0.6) is 0 Å². The molecule has 1 N–H and O–H groups in total. The van der Waals surface area contributed by atoms with Crippen LogP contribution in [0, 0.1) is 0 Å². The quantitative estimate of drug-likeness (QED) is 0.240. The standard InChI is InChI=1S/C18H15Cl.C14H9NO2/c19-14-8-5-13-7-9-16-15-4-2-1-3-12(15)6-10-17(16)18(13)11-14;16-14(17)11-6-5-10-7-9-3-1-2-4-12(9)15-13(10)8-11/h1-4,6,10-11H,5,7-9H2;1-8H,(H,16,17). The first-order valence-corrected chi connectivity index (χ1v) is 12.6. The fraction of sp³-hybridized carbons (Fsp3) is 0.125. The number of carboxylic acids is 1. The highest BCUT2D eigenvalue weighted by Gasteiger charge is 2.22. The number of rotatable bonds is 1. The number of hydrogen-bond donors (Lipinski definition) is 1. The average Bonchev–Trinajstić information content (AvgIpc) is 2.91. The molecule has 5 aromatic rings. The molecule has 0 radical (unpaired) electrons. The van der Waals surface area contributed by atoms with Gasteiger partial charge in [0, 0.05) is 15.8 Å². The lowest BCUT2D eigenvalue weighted by Gasteiger charge is -2.26. The minimum Gasteiger partial charge on any atom is -0.478 e. The largest absolute Gasteiger partial charge is 0.478 e. The summed E-state index contributed by atoms with van der Waals surface area (Å²) in [4.78, 5) is 15.3. The number of aryl methyl sites for hydroxylation is 1. The summed E-state index contributed by atoms with van der Waals surface area (Å²) in [6, 6.07) is 28.0. The number of allylic oxidation sites excluding steroid dienone is 4. The number of halogens is 1. The Kier molecular flexibility index (Phi) is 5.79. The molecule has 176 valence electrons. The first kappa shape index (κ1) is 22.5. The Bertz CT molecular complexity index is 1730. The molecule has 0 aliphatic heterocycles. The van der Waals surface area contributed by atoms with Crippen LogP contribution >= 0.6 is 11.6 Å². The van der Waals surface area contributed by atoms with Crippen molar-refractivity contribution in [1.82, 2.24) is 4.98 Å². The molecular weight excluding hydrogens is 466 g/mol. The van der Waals surface area contributed by atoms with Gasteiger partial charge in [-0.2, -0.15) is 0 Å². The van der Waals surface area contributed by atoms with Gasteiger partial charge in [-0.3, -0.25) is 0 Å². The number of carboxylic acid groups (broad SMARTS) is 1. The first-order valence-electron chi connectivity index (χ1n) is 12.2. The molecule has 4 aromatic carbocycles. The van der Waals surface area contributed by atoms with Gasteiger partial charge in [0.15, 0.2) is 0 Å². The van der Waals surface area contributed by atoms with Gasteiger partial charge in [0.1, 0.15) is 0 Å². The second-order valence-corrected chi connectivity index (χ2v) is 9.80. The molecule has 0 unspecified atom stereocenters. The Labute approximate surface area is 214 Å². The van der Waals surface area contributed by atoms with Gasteiger partial charge in [0.05, 0.1) is 16.6 Å². The Morgan fingerprint density at radius 1 is 0.750 bits per heavy atom. The van der Waals surface area contributed by atoms with Crippen molar-refractivity contribution in [2.75, 3.05) is 0 Å². The van der Waals surface area contributed by atoms with E-state index >= 15 is 0 Å². The molecule has 0 atom stereocenters. The second kappa shape index (κ2) is 9.25. The van der Waals surface area contributed by atoms with Crippen molar-refractivity contribution in [2.24, 2.45) is 0 Å². The van der Waals surface area contributed by atoms with E-state index < -0.39 is 5.97 Å². The van der Waals surface area contributed by atoms with Crippen LogP contribution in [0.25, 0.3) is 38.2 Å². The van der Waals surface area contributed by atoms with Crippen LogP contribution in [0.15, 0.2) is 102 Å². The van der Waals surface area contributed by atoms with Crippen LogP contribution in [-0.4, -0.2) is 16.1 Å². The van der Waals surface area contributed by atoms with Crippen molar-refractivity contribution in [3.05, 3.63) is 118 Å². The highest BCUT2D eigenvalue weighted by Crippen LogP contribution is 2.41. The molecular formula is C32H24ClNO2. The van der Waals surface area contributed by atoms with Gasteiger partial charge in [-0.15, -0.1) is 0 Å². The highest BCUT2D eigenvalue weighted by molar-refractivity contribution is 6.30. The number of fused-ring (bicyclic) bond motifs is 6. The number of pyridine rings is 1. The van der Waals surface area contributed by atoms with Crippen molar-refractivity contribution in [1.29, 1.82) is 0 Å². The Hall–Kier alpha value is -3.95. The molecule has 0 saturated carbocycles. The average molecular weight is 490 g/mol. The molecule has 0 amide bonds. The zero-order valence-electron chi connectivity index (χ0n) is 19.7. The number of carbonyl (C=O) groups is 1. The predicted molar refractivity (Wildman–Crippen MR) is 149 cm³/mol. The normalized spacial score (nSPS) is 14.6.